The molecule has 0 saturated carbocycles. The van der Waals surface area contributed by atoms with Gasteiger partial charge in [0.1, 0.15) is 23.2 Å². The molecule has 32 heavy (non-hydrogen) atoms. The molecule has 7 nitrogen and oxygen atoms in total. The van der Waals surface area contributed by atoms with Gasteiger partial charge in [-0.3, -0.25) is 4.79 Å². The number of benzene rings is 1. The van der Waals surface area contributed by atoms with Gasteiger partial charge in [-0.25, -0.2) is 9.97 Å². The fourth-order valence-electron chi connectivity index (χ4n) is 4.65. The molecule has 0 N–H and O–H groups in total. The molecule has 1 aromatic carbocycles. The molecule has 1 amide bonds. The number of carbonyl (C=O) groups is 1. The van der Waals surface area contributed by atoms with Crippen LogP contribution in [0.3, 0.4) is 0 Å². The van der Waals surface area contributed by atoms with E-state index in [0.717, 1.165) is 60.6 Å². The van der Waals surface area contributed by atoms with Crippen molar-refractivity contribution in [2.75, 3.05) is 26.8 Å². The fourth-order valence-corrected chi connectivity index (χ4v) is 4.65. The Labute approximate surface area is 187 Å². The molecule has 0 bridgehead atoms. The normalized spacial score (nSPS) is 19.8. The van der Waals surface area contributed by atoms with Crippen molar-refractivity contribution < 1.29 is 14.3 Å². The Hall–Kier alpha value is -3.19. The third-order valence-electron chi connectivity index (χ3n) is 6.37. The topological polar surface area (TPSA) is 69.5 Å². The molecule has 0 radical (unpaired) electrons. The van der Waals surface area contributed by atoms with Crippen molar-refractivity contribution in [2.24, 2.45) is 0 Å². The molecule has 3 aromatic rings. The highest BCUT2D eigenvalue weighted by Gasteiger charge is 2.31. The zero-order chi connectivity index (χ0) is 21.9. The Kier molecular flexibility index (Phi) is 5.90. The van der Waals surface area contributed by atoms with E-state index in [4.69, 9.17) is 14.5 Å². The van der Waals surface area contributed by atoms with Gasteiger partial charge < -0.3 is 18.9 Å². The monoisotopic (exact) mass is 432 g/mol. The highest BCUT2D eigenvalue weighted by molar-refractivity contribution is 5.91. The first kappa shape index (κ1) is 20.7. The predicted molar refractivity (Wildman–Crippen MR) is 122 cm³/mol. The summed E-state index contributed by atoms with van der Waals surface area (Å²) in [4.78, 5) is 24.2. The average molecular weight is 433 g/mol. The van der Waals surface area contributed by atoms with Crippen molar-refractivity contribution in [3.63, 3.8) is 0 Å². The minimum atomic E-state index is 0.0382. The van der Waals surface area contributed by atoms with E-state index in [9.17, 15) is 4.79 Å². The molecule has 2 saturated heterocycles. The van der Waals surface area contributed by atoms with Crippen molar-refractivity contribution in [3.8, 4) is 5.75 Å². The van der Waals surface area contributed by atoms with Crippen LogP contribution in [0.1, 0.15) is 49.2 Å². The summed E-state index contributed by atoms with van der Waals surface area (Å²) in [6.07, 6.45) is 9.20. The number of amides is 1. The molecule has 1 atom stereocenters. The van der Waals surface area contributed by atoms with Crippen LogP contribution in [0, 0.1) is 0 Å². The van der Waals surface area contributed by atoms with Gasteiger partial charge in [0.05, 0.1) is 7.11 Å². The molecule has 4 heterocycles. The van der Waals surface area contributed by atoms with E-state index in [1.165, 1.54) is 0 Å². The van der Waals surface area contributed by atoms with Crippen molar-refractivity contribution >= 4 is 23.1 Å². The maximum atomic E-state index is 12.7. The van der Waals surface area contributed by atoms with Crippen LogP contribution in [0.5, 0.6) is 5.75 Å². The maximum Gasteiger partial charge on any atom is 0.246 e. The van der Waals surface area contributed by atoms with Crippen molar-refractivity contribution in [1.82, 2.24) is 19.4 Å². The lowest BCUT2D eigenvalue weighted by Crippen LogP contribution is -2.38. The number of nitrogens with zero attached hydrogens (tertiary/aromatic N) is 4. The number of carbonyl (C=O) groups excluding carboxylic acids is 1. The molecule has 166 valence electrons. The minimum Gasteiger partial charge on any atom is -0.497 e. The third-order valence-corrected chi connectivity index (χ3v) is 6.37. The third kappa shape index (κ3) is 4.12. The zero-order valence-electron chi connectivity index (χ0n) is 18.3. The highest BCUT2D eigenvalue weighted by Crippen LogP contribution is 2.35. The zero-order valence-corrected chi connectivity index (χ0v) is 18.3. The van der Waals surface area contributed by atoms with Crippen LogP contribution in [0.4, 0.5) is 0 Å². The van der Waals surface area contributed by atoms with Crippen molar-refractivity contribution in [2.45, 2.75) is 37.8 Å². The first-order chi connectivity index (χ1) is 15.7. The van der Waals surface area contributed by atoms with Gasteiger partial charge >= 0.3 is 0 Å². The van der Waals surface area contributed by atoms with Crippen LogP contribution in [-0.4, -0.2) is 52.1 Å². The van der Waals surface area contributed by atoms with Gasteiger partial charge in [-0.05, 0) is 61.6 Å². The number of hydrogen-bond donors (Lipinski definition) is 0. The molecule has 0 aliphatic carbocycles. The summed E-state index contributed by atoms with van der Waals surface area (Å²) in [7, 11) is 1.64. The first-order valence-electron chi connectivity index (χ1n) is 11.3. The fraction of sp³-hybridized carbons (Fsp3) is 0.400. The standard InChI is InChI=1S/C25H28N4O3/c1-31-20-9-6-18(7-10-20)8-11-23(30)28-15-12-19(13-16-28)29-24-21(4-2-14-26-24)27-25(29)22-5-3-17-32-22/h2,4,6-11,14,19,22H,3,5,12-13,15-17H2,1H3/b11-8+/t22-/m1/s1. The average Bonchev–Trinajstić information content (AvgIpc) is 3.51. The predicted octanol–water partition coefficient (Wildman–Crippen LogP) is 4.17. The van der Waals surface area contributed by atoms with Crippen molar-refractivity contribution in [1.29, 1.82) is 0 Å². The van der Waals surface area contributed by atoms with E-state index in [-0.39, 0.29) is 18.1 Å². The summed E-state index contributed by atoms with van der Waals surface area (Å²) >= 11 is 0. The Balaban J connectivity index is 1.28. The second kappa shape index (κ2) is 9.12. The number of rotatable bonds is 5. The molecule has 5 rings (SSSR count). The molecular weight excluding hydrogens is 404 g/mol. The van der Waals surface area contributed by atoms with Gasteiger partial charge in [0.15, 0.2) is 5.65 Å². The first-order valence-corrected chi connectivity index (χ1v) is 11.3. The number of methoxy groups -OCH3 is 1. The lowest BCUT2D eigenvalue weighted by atomic mass is 10.0. The maximum absolute atomic E-state index is 12.7. The summed E-state index contributed by atoms with van der Waals surface area (Å²) in [5.41, 5.74) is 2.81. The second-order valence-electron chi connectivity index (χ2n) is 8.35. The minimum absolute atomic E-state index is 0.0382. The van der Waals surface area contributed by atoms with Gasteiger partial charge in [0.25, 0.3) is 0 Å². The number of ether oxygens (including phenoxy) is 2. The lowest BCUT2D eigenvalue weighted by molar-refractivity contribution is -0.127. The quantitative estimate of drug-likeness (QED) is 0.566. The van der Waals surface area contributed by atoms with Crippen molar-refractivity contribution in [3.05, 3.63) is 60.1 Å². The molecule has 2 aliphatic rings. The van der Waals surface area contributed by atoms with Gasteiger partial charge in [0, 0.05) is 38.0 Å². The Morgan fingerprint density at radius 3 is 2.69 bits per heavy atom. The van der Waals surface area contributed by atoms with E-state index in [2.05, 4.69) is 9.55 Å². The summed E-state index contributed by atoms with van der Waals surface area (Å²) < 4.78 is 13.4. The molecular formula is C25H28N4O3. The summed E-state index contributed by atoms with van der Waals surface area (Å²) in [6, 6.07) is 11.9. The Morgan fingerprint density at radius 1 is 1.16 bits per heavy atom. The number of fused-ring (bicyclic) bond motifs is 1. The van der Waals surface area contributed by atoms with E-state index >= 15 is 0 Å². The van der Waals surface area contributed by atoms with E-state index < -0.39 is 0 Å². The van der Waals surface area contributed by atoms with E-state index in [1.807, 2.05) is 53.6 Å². The van der Waals surface area contributed by atoms with Crippen LogP contribution >= 0.6 is 0 Å². The van der Waals surface area contributed by atoms with Gasteiger partial charge in [-0.1, -0.05) is 12.1 Å². The number of pyridine rings is 1. The van der Waals surface area contributed by atoms with Gasteiger partial charge in [-0.2, -0.15) is 0 Å². The van der Waals surface area contributed by atoms with Crippen LogP contribution in [0.25, 0.3) is 17.2 Å². The molecule has 2 aliphatic heterocycles. The molecule has 2 aromatic heterocycles. The van der Waals surface area contributed by atoms with E-state index in [1.54, 1.807) is 13.2 Å². The van der Waals surface area contributed by atoms with Crippen LogP contribution in [0.15, 0.2) is 48.7 Å². The molecule has 7 heteroatoms. The molecule has 0 spiro atoms. The Bertz CT molecular complexity index is 1110. The van der Waals surface area contributed by atoms with Crippen LogP contribution in [0.2, 0.25) is 0 Å². The Morgan fingerprint density at radius 2 is 1.97 bits per heavy atom. The molecule has 2 fully saturated rings. The van der Waals surface area contributed by atoms with Crippen LogP contribution < -0.4 is 4.74 Å². The number of piperidine rings is 1. The largest absolute Gasteiger partial charge is 0.497 e. The highest BCUT2D eigenvalue weighted by atomic mass is 16.5. The number of imidazole rings is 1. The number of likely N-dealkylation sites (tertiary alicyclic amines) is 1. The SMILES string of the molecule is COc1ccc(/C=C/C(=O)N2CCC(n3c([C@H]4CCCO4)nc4cccnc43)CC2)cc1. The second-order valence-corrected chi connectivity index (χ2v) is 8.35. The van der Waals surface area contributed by atoms with Gasteiger partial charge in [-0.15, -0.1) is 0 Å². The van der Waals surface area contributed by atoms with Gasteiger partial charge in [0.2, 0.25) is 5.91 Å². The number of aromatic nitrogens is 3. The number of hydrogen-bond acceptors (Lipinski definition) is 5. The summed E-state index contributed by atoms with van der Waals surface area (Å²) in [5, 5.41) is 0. The van der Waals surface area contributed by atoms with E-state index in [0.29, 0.717) is 13.1 Å². The smallest absolute Gasteiger partial charge is 0.246 e. The summed E-state index contributed by atoms with van der Waals surface area (Å²) in [6.45, 7) is 2.22. The molecule has 0 unspecified atom stereocenters. The summed E-state index contributed by atoms with van der Waals surface area (Å²) in [5.74, 6) is 1.84. The van der Waals surface area contributed by atoms with Crippen LogP contribution in [-0.2, 0) is 9.53 Å². The lowest BCUT2D eigenvalue weighted by Gasteiger charge is -2.33.